The van der Waals surface area contributed by atoms with Crippen LogP contribution >= 0.6 is 11.6 Å². The molecule has 0 saturated carbocycles. The van der Waals surface area contributed by atoms with Crippen LogP contribution in [0.4, 0.5) is 11.4 Å². The Bertz CT molecular complexity index is 705. The smallest absolute Gasteiger partial charge is 0.243 e. The van der Waals surface area contributed by atoms with Crippen molar-refractivity contribution in [1.29, 1.82) is 0 Å². The molecule has 0 aromatic heterocycles. The predicted octanol–water partition coefficient (Wildman–Crippen LogP) is 5.00. The summed E-state index contributed by atoms with van der Waals surface area (Å²) >= 11 is 5.93. The van der Waals surface area contributed by atoms with Crippen LogP contribution in [-0.2, 0) is 10.2 Å². The normalized spacial score (nSPS) is 11.2. The van der Waals surface area contributed by atoms with E-state index in [0.29, 0.717) is 5.02 Å². The SMILES string of the molecule is Cc1cc(Cl)ccc1NC(=O)CNc1ccccc1C(C)(C)C. The molecule has 2 aromatic carbocycles. The van der Waals surface area contributed by atoms with Gasteiger partial charge in [0, 0.05) is 16.4 Å². The van der Waals surface area contributed by atoms with E-state index in [2.05, 4.69) is 37.5 Å². The van der Waals surface area contributed by atoms with Crippen molar-refractivity contribution >= 4 is 28.9 Å². The lowest BCUT2D eigenvalue weighted by atomic mass is 9.86. The first kappa shape index (κ1) is 17.4. The molecule has 4 heteroatoms. The summed E-state index contributed by atoms with van der Waals surface area (Å²) in [5.74, 6) is -0.0841. The number of carbonyl (C=O) groups is 1. The molecule has 0 saturated heterocycles. The Balaban J connectivity index is 2.03. The minimum Gasteiger partial charge on any atom is -0.376 e. The summed E-state index contributed by atoms with van der Waals surface area (Å²) in [4.78, 5) is 12.2. The van der Waals surface area contributed by atoms with Gasteiger partial charge in [0.2, 0.25) is 5.91 Å². The molecule has 1 amide bonds. The zero-order valence-electron chi connectivity index (χ0n) is 14.0. The molecule has 122 valence electrons. The Kier molecular flexibility index (Phi) is 5.32. The zero-order chi connectivity index (χ0) is 17.0. The lowest BCUT2D eigenvalue weighted by Gasteiger charge is -2.23. The third-order valence-electron chi connectivity index (χ3n) is 3.64. The first-order valence-corrected chi connectivity index (χ1v) is 8.04. The maximum absolute atomic E-state index is 12.2. The van der Waals surface area contributed by atoms with E-state index in [9.17, 15) is 4.79 Å². The van der Waals surface area contributed by atoms with Crippen LogP contribution in [0.25, 0.3) is 0 Å². The van der Waals surface area contributed by atoms with Crippen molar-refractivity contribution in [2.24, 2.45) is 0 Å². The molecule has 0 radical (unpaired) electrons. The third-order valence-corrected chi connectivity index (χ3v) is 3.87. The Morgan fingerprint density at radius 1 is 1.09 bits per heavy atom. The maximum atomic E-state index is 12.2. The number of para-hydroxylation sites is 1. The van der Waals surface area contributed by atoms with E-state index in [1.165, 1.54) is 5.56 Å². The van der Waals surface area contributed by atoms with Crippen LogP contribution in [0.3, 0.4) is 0 Å². The fourth-order valence-corrected chi connectivity index (χ4v) is 2.66. The molecule has 0 aliphatic rings. The van der Waals surface area contributed by atoms with Crippen molar-refractivity contribution < 1.29 is 4.79 Å². The summed E-state index contributed by atoms with van der Waals surface area (Å²) in [5.41, 5.74) is 3.93. The van der Waals surface area contributed by atoms with Crippen molar-refractivity contribution in [2.75, 3.05) is 17.2 Å². The average Bonchev–Trinajstić information content (AvgIpc) is 2.47. The fraction of sp³-hybridized carbons (Fsp3) is 0.316. The second-order valence-electron chi connectivity index (χ2n) is 6.66. The van der Waals surface area contributed by atoms with Crippen LogP contribution in [0.2, 0.25) is 5.02 Å². The van der Waals surface area contributed by atoms with E-state index in [4.69, 9.17) is 11.6 Å². The van der Waals surface area contributed by atoms with Crippen LogP contribution in [0.1, 0.15) is 31.9 Å². The highest BCUT2D eigenvalue weighted by Gasteiger charge is 2.17. The molecule has 0 unspecified atom stereocenters. The molecule has 2 rings (SSSR count). The minimum absolute atomic E-state index is 0.0207. The van der Waals surface area contributed by atoms with E-state index in [-0.39, 0.29) is 17.9 Å². The summed E-state index contributed by atoms with van der Waals surface area (Å²) in [7, 11) is 0. The lowest BCUT2D eigenvalue weighted by molar-refractivity contribution is -0.114. The van der Waals surface area contributed by atoms with Crippen LogP contribution in [-0.4, -0.2) is 12.5 Å². The van der Waals surface area contributed by atoms with Crippen LogP contribution in [0, 0.1) is 6.92 Å². The summed E-state index contributed by atoms with van der Waals surface area (Å²) < 4.78 is 0. The number of nitrogens with one attached hydrogen (secondary N) is 2. The average molecular weight is 331 g/mol. The molecule has 0 atom stereocenters. The molecule has 0 spiro atoms. The van der Waals surface area contributed by atoms with Gasteiger partial charge in [0.05, 0.1) is 6.54 Å². The number of benzene rings is 2. The zero-order valence-corrected chi connectivity index (χ0v) is 14.8. The Morgan fingerprint density at radius 2 is 1.78 bits per heavy atom. The molecule has 3 nitrogen and oxygen atoms in total. The number of carbonyl (C=O) groups excluding carboxylic acids is 1. The van der Waals surface area contributed by atoms with Gasteiger partial charge < -0.3 is 10.6 Å². The minimum atomic E-state index is -0.0841. The number of hydrogen-bond acceptors (Lipinski definition) is 2. The molecule has 0 bridgehead atoms. The van der Waals surface area contributed by atoms with E-state index in [1.807, 2.05) is 37.3 Å². The predicted molar refractivity (Wildman–Crippen MR) is 98.5 cm³/mol. The van der Waals surface area contributed by atoms with Crippen molar-refractivity contribution in [3.05, 3.63) is 58.6 Å². The number of hydrogen-bond donors (Lipinski definition) is 2. The highest BCUT2D eigenvalue weighted by molar-refractivity contribution is 6.30. The van der Waals surface area contributed by atoms with Gasteiger partial charge in [0.1, 0.15) is 0 Å². The molecule has 23 heavy (non-hydrogen) atoms. The van der Waals surface area contributed by atoms with Crippen LogP contribution in [0.15, 0.2) is 42.5 Å². The van der Waals surface area contributed by atoms with Gasteiger partial charge >= 0.3 is 0 Å². The second-order valence-corrected chi connectivity index (χ2v) is 7.09. The number of aryl methyl sites for hydroxylation is 1. The van der Waals surface area contributed by atoms with Gasteiger partial charge in [-0.3, -0.25) is 4.79 Å². The second kappa shape index (κ2) is 7.05. The molecule has 0 aliphatic carbocycles. The highest BCUT2D eigenvalue weighted by Crippen LogP contribution is 2.29. The molecule has 0 fully saturated rings. The van der Waals surface area contributed by atoms with Crippen molar-refractivity contribution in [3.8, 4) is 0 Å². The first-order valence-electron chi connectivity index (χ1n) is 7.67. The highest BCUT2D eigenvalue weighted by atomic mass is 35.5. The molecule has 0 aliphatic heterocycles. The number of rotatable bonds is 4. The molecular formula is C19H23ClN2O. The van der Waals surface area contributed by atoms with Crippen molar-refractivity contribution in [2.45, 2.75) is 33.1 Å². The Hall–Kier alpha value is -2.00. The topological polar surface area (TPSA) is 41.1 Å². The van der Waals surface area contributed by atoms with Gasteiger partial charge in [-0.15, -0.1) is 0 Å². The quantitative estimate of drug-likeness (QED) is 0.828. The summed E-state index contributed by atoms with van der Waals surface area (Å²) in [6.07, 6.45) is 0. The van der Waals surface area contributed by atoms with Gasteiger partial charge in [0.25, 0.3) is 0 Å². The van der Waals surface area contributed by atoms with Crippen molar-refractivity contribution in [1.82, 2.24) is 0 Å². The van der Waals surface area contributed by atoms with Crippen LogP contribution < -0.4 is 10.6 Å². The number of anilines is 2. The largest absolute Gasteiger partial charge is 0.376 e. The molecule has 2 aromatic rings. The van der Waals surface area contributed by atoms with Gasteiger partial charge in [-0.05, 0) is 47.7 Å². The van der Waals surface area contributed by atoms with Gasteiger partial charge in [-0.1, -0.05) is 50.6 Å². The molecule has 2 N–H and O–H groups in total. The third kappa shape index (κ3) is 4.73. The lowest BCUT2D eigenvalue weighted by Crippen LogP contribution is -2.24. The standard InChI is InChI=1S/C19H23ClN2O/c1-13-11-14(20)9-10-16(13)22-18(23)12-21-17-8-6-5-7-15(17)19(2,3)4/h5-11,21H,12H2,1-4H3,(H,22,23). The van der Waals surface area contributed by atoms with Crippen molar-refractivity contribution in [3.63, 3.8) is 0 Å². The Labute approximate surface area is 143 Å². The molecule has 0 heterocycles. The van der Waals surface area contributed by atoms with Gasteiger partial charge in [-0.2, -0.15) is 0 Å². The fourth-order valence-electron chi connectivity index (χ4n) is 2.43. The first-order chi connectivity index (χ1) is 10.8. The van der Waals surface area contributed by atoms with E-state index < -0.39 is 0 Å². The summed E-state index contributed by atoms with van der Waals surface area (Å²) in [6, 6.07) is 13.5. The Morgan fingerprint density at radius 3 is 2.43 bits per heavy atom. The van der Waals surface area contributed by atoms with E-state index >= 15 is 0 Å². The summed E-state index contributed by atoms with van der Waals surface area (Å²) in [6.45, 7) is 8.61. The van der Waals surface area contributed by atoms with E-state index in [0.717, 1.165) is 16.9 Å². The maximum Gasteiger partial charge on any atom is 0.243 e. The van der Waals surface area contributed by atoms with Gasteiger partial charge in [0.15, 0.2) is 0 Å². The monoisotopic (exact) mass is 330 g/mol. The van der Waals surface area contributed by atoms with Gasteiger partial charge in [-0.25, -0.2) is 0 Å². The molecular weight excluding hydrogens is 308 g/mol. The van der Waals surface area contributed by atoms with E-state index in [1.54, 1.807) is 6.07 Å². The number of amides is 1. The summed E-state index contributed by atoms with van der Waals surface area (Å²) in [5, 5.41) is 6.80. The number of halogens is 1. The van der Waals surface area contributed by atoms with Crippen LogP contribution in [0.5, 0.6) is 0 Å².